The van der Waals surface area contributed by atoms with Gasteiger partial charge in [-0.25, -0.2) is 0 Å². The number of hydrogen-bond donors (Lipinski definition) is 0. The summed E-state index contributed by atoms with van der Waals surface area (Å²) in [5.74, 6) is 1.27. The molecular formula is C22H28O. The summed E-state index contributed by atoms with van der Waals surface area (Å²) >= 11 is 0. The third-order valence-corrected chi connectivity index (χ3v) is 4.40. The lowest BCUT2D eigenvalue weighted by atomic mass is 9.82. The quantitative estimate of drug-likeness (QED) is 0.593. The van der Waals surface area contributed by atoms with Crippen LogP contribution in [0.1, 0.15) is 91.9 Å². The molecular weight excluding hydrogens is 280 g/mol. The smallest absolute Gasteiger partial charge is 0.193 e. The Hall–Kier alpha value is -1.89. The number of carbonyl (C=O) groups is 1. The molecule has 0 N–H and O–H groups in total. The number of carbonyl (C=O) groups excluding carboxylic acids is 1. The summed E-state index contributed by atoms with van der Waals surface area (Å²) in [6.45, 7) is 13.1. The van der Waals surface area contributed by atoms with Crippen LogP contribution in [0.2, 0.25) is 0 Å². The average molecular weight is 308 g/mol. The Bertz CT molecular complexity index is 649. The molecule has 0 saturated heterocycles. The molecule has 0 radical (unpaired) electrons. The van der Waals surface area contributed by atoms with Crippen molar-refractivity contribution in [2.24, 2.45) is 0 Å². The molecule has 0 aromatic heterocycles. The fourth-order valence-corrected chi connectivity index (χ4v) is 2.95. The van der Waals surface area contributed by atoms with E-state index in [1.54, 1.807) is 0 Å². The zero-order valence-electron chi connectivity index (χ0n) is 15.2. The second-order valence-electron chi connectivity index (χ2n) is 7.23. The van der Waals surface area contributed by atoms with E-state index >= 15 is 0 Å². The highest BCUT2D eigenvalue weighted by Gasteiger charge is 2.22. The lowest BCUT2D eigenvalue weighted by Gasteiger charge is -2.22. The van der Waals surface area contributed by atoms with Crippen LogP contribution in [0, 0.1) is 0 Å². The van der Waals surface area contributed by atoms with Crippen LogP contribution >= 0.6 is 0 Å². The van der Waals surface area contributed by atoms with E-state index in [0.717, 1.165) is 11.1 Å². The van der Waals surface area contributed by atoms with Crippen molar-refractivity contribution in [3.05, 3.63) is 70.3 Å². The van der Waals surface area contributed by atoms with Gasteiger partial charge in [-0.3, -0.25) is 4.79 Å². The predicted molar refractivity (Wildman–Crippen MR) is 98.6 cm³/mol. The van der Waals surface area contributed by atoms with Crippen LogP contribution in [0.5, 0.6) is 0 Å². The molecule has 0 amide bonds. The molecule has 0 atom stereocenters. The van der Waals surface area contributed by atoms with E-state index in [9.17, 15) is 4.79 Å². The van der Waals surface area contributed by atoms with Gasteiger partial charge in [-0.2, -0.15) is 0 Å². The number of rotatable bonds is 5. The van der Waals surface area contributed by atoms with Crippen LogP contribution in [-0.2, 0) is 0 Å². The lowest BCUT2D eigenvalue weighted by Crippen LogP contribution is -2.13. The summed E-state index contributed by atoms with van der Waals surface area (Å²) in [5.41, 5.74) is 5.35. The highest BCUT2D eigenvalue weighted by atomic mass is 16.1. The van der Waals surface area contributed by atoms with Gasteiger partial charge >= 0.3 is 0 Å². The molecule has 2 aromatic rings. The Balaban J connectivity index is 2.71. The Kier molecular flexibility index (Phi) is 5.41. The molecule has 2 rings (SSSR count). The second kappa shape index (κ2) is 7.12. The van der Waals surface area contributed by atoms with Gasteiger partial charge in [-0.05, 0) is 34.4 Å². The van der Waals surface area contributed by atoms with E-state index in [4.69, 9.17) is 0 Å². The highest BCUT2D eigenvalue weighted by molar-refractivity contribution is 6.11. The Morgan fingerprint density at radius 1 is 0.739 bits per heavy atom. The molecule has 0 heterocycles. The van der Waals surface area contributed by atoms with Crippen LogP contribution in [0.15, 0.2) is 42.5 Å². The zero-order chi connectivity index (χ0) is 17.1. The van der Waals surface area contributed by atoms with Crippen molar-refractivity contribution in [2.75, 3.05) is 0 Å². The molecule has 0 saturated carbocycles. The minimum atomic E-state index is 0.147. The van der Waals surface area contributed by atoms with Crippen molar-refractivity contribution in [3.63, 3.8) is 0 Å². The molecule has 0 aliphatic carbocycles. The fraction of sp³-hybridized carbons (Fsp3) is 0.409. The molecule has 2 aromatic carbocycles. The first kappa shape index (κ1) is 17.5. The van der Waals surface area contributed by atoms with Crippen LogP contribution in [0.4, 0.5) is 0 Å². The van der Waals surface area contributed by atoms with Gasteiger partial charge in [-0.1, -0.05) is 84.0 Å². The van der Waals surface area contributed by atoms with Gasteiger partial charge in [0.2, 0.25) is 0 Å². The van der Waals surface area contributed by atoms with Gasteiger partial charge in [-0.15, -0.1) is 0 Å². The molecule has 0 unspecified atom stereocenters. The van der Waals surface area contributed by atoms with Crippen molar-refractivity contribution in [2.45, 2.75) is 59.3 Å². The van der Waals surface area contributed by atoms with Crippen molar-refractivity contribution < 1.29 is 4.79 Å². The van der Waals surface area contributed by atoms with Gasteiger partial charge < -0.3 is 0 Å². The maximum Gasteiger partial charge on any atom is 0.193 e. The van der Waals surface area contributed by atoms with Crippen molar-refractivity contribution in [3.8, 4) is 0 Å². The standard InChI is InChI=1S/C22H28O/c1-14(2)18-12-19(15(3)4)21(20(13-18)16(5)6)22(23)17-10-8-7-9-11-17/h7-16H,1-6H3. The zero-order valence-corrected chi connectivity index (χ0v) is 15.2. The minimum Gasteiger partial charge on any atom is -0.289 e. The predicted octanol–water partition coefficient (Wildman–Crippen LogP) is 6.29. The maximum atomic E-state index is 13.2. The van der Waals surface area contributed by atoms with Gasteiger partial charge in [0.15, 0.2) is 5.78 Å². The second-order valence-corrected chi connectivity index (χ2v) is 7.23. The molecule has 1 nitrogen and oxygen atoms in total. The first-order valence-electron chi connectivity index (χ1n) is 8.60. The lowest BCUT2D eigenvalue weighted by molar-refractivity contribution is 0.103. The molecule has 0 spiro atoms. The first-order valence-corrected chi connectivity index (χ1v) is 8.60. The average Bonchev–Trinajstić information content (AvgIpc) is 2.53. The SMILES string of the molecule is CC(C)c1cc(C(C)C)c(C(=O)c2ccccc2)c(C(C)C)c1. The minimum absolute atomic E-state index is 0.147. The fourth-order valence-electron chi connectivity index (χ4n) is 2.95. The summed E-state index contributed by atoms with van der Waals surface area (Å²) in [4.78, 5) is 13.2. The maximum absolute atomic E-state index is 13.2. The topological polar surface area (TPSA) is 17.1 Å². The third-order valence-electron chi connectivity index (χ3n) is 4.40. The normalized spacial score (nSPS) is 11.5. The summed E-state index contributed by atoms with van der Waals surface area (Å²) in [7, 11) is 0. The molecule has 0 bridgehead atoms. The molecule has 122 valence electrons. The van der Waals surface area contributed by atoms with Gasteiger partial charge in [0.05, 0.1) is 0 Å². The number of ketones is 1. The molecule has 0 aliphatic rings. The van der Waals surface area contributed by atoms with Crippen LogP contribution in [0.3, 0.4) is 0 Å². The van der Waals surface area contributed by atoms with Crippen molar-refractivity contribution in [1.82, 2.24) is 0 Å². The van der Waals surface area contributed by atoms with E-state index < -0.39 is 0 Å². The van der Waals surface area contributed by atoms with Gasteiger partial charge in [0.25, 0.3) is 0 Å². The van der Waals surface area contributed by atoms with Crippen molar-refractivity contribution >= 4 is 5.78 Å². The van der Waals surface area contributed by atoms with E-state index in [1.165, 1.54) is 16.7 Å². The summed E-state index contributed by atoms with van der Waals surface area (Å²) in [6, 6.07) is 14.1. The largest absolute Gasteiger partial charge is 0.289 e. The Morgan fingerprint density at radius 3 is 1.61 bits per heavy atom. The molecule has 23 heavy (non-hydrogen) atoms. The number of hydrogen-bond acceptors (Lipinski definition) is 1. The van der Waals surface area contributed by atoms with Crippen LogP contribution in [-0.4, -0.2) is 5.78 Å². The van der Waals surface area contributed by atoms with E-state index in [-0.39, 0.29) is 5.78 Å². The molecule has 0 fully saturated rings. The Morgan fingerprint density at radius 2 is 1.22 bits per heavy atom. The molecule has 0 aliphatic heterocycles. The summed E-state index contributed by atoms with van der Waals surface area (Å²) in [6.07, 6.45) is 0. The monoisotopic (exact) mass is 308 g/mol. The van der Waals surface area contributed by atoms with Crippen molar-refractivity contribution in [1.29, 1.82) is 0 Å². The third kappa shape index (κ3) is 3.72. The summed E-state index contributed by atoms with van der Waals surface area (Å²) < 4.78 is 0. The first-order chi connectivity index (χ1) is 10.8. The van der Waals surface area contributed by atoms with E-state index in [1.807, 2.05) is 30.3 Å². The van der Waals surface area contributed by atoms with Gasteiger partial charge in [0, 0.05) is 11.1 Å². The van der Waals surface area contributed by atoms with E-state index in [2.05, 4.69) is 53.7 Å². The number of benzene rings is 2. The van der Waals surface area contributed by atoms with Gasteiger partial charge in [0.1, 0.15) is 0 Å². The summed E-state index contributed by atoms with van der Waals surface area (Å²) in [5, 5.41) is 0. The highest BCUT2D eigenvalue weighted by Crippen LogP contribution is 2.33. The van der Waals surface area contributed by atoms with Crippen LogP contribution < -0.4 is 0 Å². The van der Waals surface area contributed by atoms with E-state index in [0.29, 0.717) is 17.8 Å². The van der Waals surface area contributed by atoms with Crippen LogP contribution in [0.25, 0.3) is 0 Å². The Labute approximate surface area is 140 Å². The molecule has 1 heteroatoms.